The fraction of sp³-hybridized carbons (Fsp3) is 0.133. The van der Waals surface area contributed by atoms with Crippen molar-refractivity contribution in [1.29, 1.82) is 0 Å². The minimum Gasteiger partial charge on any atom is -0.479 e. The highest BCUT2D eigenvalue weighted by molar-refractivity contribution is 6.34. The Hall–Kier alpha value is -1.42. The third-order valence-corrected chi connectivity index (χ3v) is 4.05. The third-order valence-electron chi connectivity index (χ3n) is 3.15. The molecular formula is C15H12Cl3NO2. The molecule has 0 saturated carbocycles. The maximum Gasteiger partial charge on any atom is 0.333 e. The van der Waals surface area contributed by atoms with Crippen molar-refractivity contribution in [2.45, 2.75) is 12.5 Å². The molecule has 0 fully saturated rings. The van der Waals surface area contributed by atoms with Gasteiger partial charge in [0.05, 0.1) is 10.7 Å². The standard InChI is InChI=1S/C15H12Cl3NO2/c1-15(14(20)21,10-8-9(16)6-7-11(10)17)19-13-5-3-2-4-12(13)18/h2-8,19H,1H3,(H,20,21). The zero-order valence-corrected chi connectivity index (χ0v) is 13.3. The van der Waals surface area contributed by atoms with Gasteiger partial charge in [-0.3, -0.25) is 0 Å². The lowest BCUT2D eigenvalue weighted by Gasteiger charge is -2.29. The molecule has 2 N–H and O–H groups in total. The average Bonchev–Trinajstić information content (AvgIpc) is 2.43. The van der Waals surface area contributed by atoms with E-state index in [1.165, 1.54) is 13.0 Å². The van der Waals surface area contributed by atoms with Gasteiger partial charge in [0.1, 0.15) is 0 Å². The summed E-state index contributed by atoms with van der Waals surface area (Å²) in [6, 6.07) is 11.6. The smallest absolute Gasteiger partial charge is 0.333 e. The molecule has 0 heterocycles. The maximum atomic E-state index is 11.8. The van der Waals surface area contributed by atoms with Crippen molar-refractivity contribution in [3.8, 4) is 0 Å². The Morgan fingerprint density at radius 3 is 2.38 bits per heavy atom. The molecule has 2 aromatic rings. The summed E-state index contributed by atoms with van der Waals surface area (Å²) in [6.45, 7) is 1.51. The largest absolute Gasteiger partial charge is 0.479 e. The lowest BCUT2D eigenvalue weighted by atomic mass is 9.91. The van der Waals surface area contributed by atoms with Gasteiger partial charge < -0.3 is 10.4 Å². The van der Waals surface area contributed by atoms with Gasteiger partial charge in [-0.1, -0.05) is 46.9 Å². The zero-order chi connectivity index (χ0) is 15.6. The molecule has 0 aliphatic carbocycles. The van der Waals surface area contributed by atoms with Crippen LogP contribution in [0, 0.1) is 0 Å². The van der Waals surface area contributed by atoms with E-state index >= 15 is 0 Å². The first-order valence-electron chi connectivity index (χ1n) is 6.06. The highest BCUT2D eigenvalue weighted by Gasteiger charge is 2.37. The number of hydrogen-bond donors (Lipinski definition) is 2. The molecule has 0 aliphatic rings. The van der Waals surface area contributed by atoms with Crippen molar-refractivity contribution in [3.05, 3.63) is 63.1 Å². The van der Waals surface area contributed by atoms with E-state index in [0.717, 1.165) is 0 Å². The molecule has 1 atom stereocenters. The Balaban J connectivity index is 2.53. The lowest BCUT2D eigenvalue weighted by Crippen LogP contribution is -2.40. The minimum atomic E-state index is -1.47. The summed E-state index contributed by atoms with van der Waals surface area (Å²) in [5, 5.41) is 13.7. The third kappa shape index (κ3) is 3.26. The normalized spacial score (nSPS) is 13.5. The van der Waals surface area contributed by atoms with Crippen molar-refractivity contribution < 1.29 is 9.90 Å². The first-order valence-corrected chi connectivity index (χ1v) is 7.19. The zero-order valence-electron chi connectivity index (χ0n) is 11.0. The van der Waals surface area contributed by atoms with Gasteiger partial charge in [0.2, 0.25) is 0 Å². The summed E-state index contributed by atoms with van der Waals surface area (Å²) in [7, 11) is 0. The van der Waals surface area contributed by atoms with Crippen molar-refractivity contribution in [2.75, 3.05) is 5.32 Å². The van der Waals surface area contributed by atoms with Crippen LogP contribution in [0.3, 0.4) is 0 Å². The van der Waals surface area contributed by atoms with Crippen LogP contribution >= 0.6 is 34.8 Å². The van der Waals surface area contributed by atoms with Crippen molar-refractivity contribution in [1.82, 2.24) is 0 Å². The van der Waals surface area contributed by atoms with Crippen LogP contribution in [0.4, 0.5) is 5.69 Å². The molecule has 3 nitrogen and oxygen atoms in total. The van der Waals surface area contributed by atoms with Gasteiger partial charge >= 0.3 is 5.97 Å². The van der Waals surface area contributed by atoms with Crippen LogP contribution in [0.1, 0.15) is 12.5 Å². The van der Waals surface area contributed by atoms with E-state index in [2.05, 4.69) is 5.32 Å². The number of hydrogen-bond acceptors (Lipinski definition) is 2. The number of carboxylic acid groups (broad SMARTS) is 1. The number of halogens is 3. The molecule has 0 aliphatic heterocycles. The van der Waals surface area contributed by atoms with Crippen LogP contribution in [0.25, 0.3) is 0 Å². The van der Waals surface area contributed by atoms with Gasteiger partial charge in [0.15, 0.2) is 5.54 Å². The van der Waals surface area contributed by atoms with Gasteiger partial charge in [-0.2, -0.15) is 0 Å². The van der Waals surface area contributed by atoms with Crippen molar-refractivity contribution >= 4 is 46.5 Å². The van der Waals surface area contributed by atoms with Gasteiger partial charge in [-0.15, -0.1) is 0 Å². The van der Waals surface area contributed by atoms with Gasteiger partial charge in [0, 0.05) is 15.6 Å². The van der Waals surface area contributed by atoms with E-state index in [1.807, 2.05) is 0 Å². The van der Waals surface area contributed by atoms with Crippen LogP contribution in [0.2, 0.25) is 15.1 Å². The molecule has 0 amide bonds. The lowest BCUT2D eigenvalue weighted by molar-refractivity contribution is -0.142. The molecule has 0 aromatic heterocycles. The highest BCUT2D eigenvalue weighted by Crippen LogP contribution is 2.35. The van der Waals surface area contributed by atoms with Gasteiger partial charge in [0.25, 0.3) is 0 Å². The molecular weight excluding hydrogens is 333 g/mol. The Labute approximate surface area is 137 Å². The Bertz CT molecular complexity index is 690. The second kappa shape index (κ2) is 6.14. The van der Waals surface area contributed by atoms with Crippen molar-refractivity contribution in [3.63, 3.8) is 0 Å². The number of rotatable bonds is 4. The molecule has 0 radical (unpaired) electrons. The van der Waals surface area contributed by atoms with E-state index < -0.39 is 11.5 Å². The first-order chi connectivity index (χ1) is 9.84. The highest BCUT2D eigenvalue weighted by atomic mass is 35.5. The quantitative estimate of drug-likeness (QED) is 0.815. The molecule has 0 saturated heterocycles. The van der Waals surface area contributed by atoms with E-state index in [9.17, 15) is 9.90 Å². The summed E-state index contributed by atoms with van der Waals surface area (Å²) in [4.78, 5) is 11.8. The van der Waals surface area contributed by atoms with E-state index in [-0.39, 0.29) is 0 Å². The number of benzene rings is 2. The second-order valence-corrected chi connectivity index (χ2v) is 5.91. The summed E-state index contributed by atoms with van der Waals surface area (Å²) in [6.07, 6.45) is 0. The predicted octanol–water partition coefficient (Wildman–Crippen LogP) is 5.06. The Morgan fingerprint density at radius 1 is 1.10 bits per heavy atom. The summed E-state index contributed by atoms with van der Waals surface area (Å²) < 4.78 is 0. The summed E-state index contributed by atoms with van der Waals surface area (Å²) >= 11 is 18.2. The van der Waals surface area contributed by atoms with Crippen LogP contribution < -0.4 is 5.32 Å². The molecule has 2 aromatic carbocycles. The first kappa shape index (κ1) is 16.0. The Kier molecular flexibility index (Phi) is 4.67. The number of anilines is 1. The number of para-hydroxylation sites is 1. The molecule has 1 unspecified atom stereocenters. The van der Waals surface area contributed by atoms with E-state index in [1.54, 1.807) is 36.4 Å². The number of aliphatic carboxylic acids is 1. The van der Waals surface area contributed by atoms with E-state index in [0.29, 0.717) is 26.3 Å². The molecule has 21 heavy (non-hydrogen) atoms. The molecule has 2 rings (SSSR count). The molecule has 0 spiro atoms. The number of carbonyl (C=O) groups is 1. The second-order valence-electron chi connectivity index (χ2n) is 4.66. The van der Waals surface area contributed by atoms with E-state index in [4.69, 9.17) is 34.8 Å². The summed E-state index contributed by atoms with van der Waals surface area (Å²) in [5.74, 6) is -1.09. The average molecular weight is 345 g/mol. The van der Waals surface area contributed by atoms with Gasteiger partial charge in [-0.05, 0) is 37.3 Å². The monoisotopic (exact) mass is 343 g/mol. The molecule has 0 bridgehead atoms. The Morgan fingerprint density at radius 2 is 1.76 bits per heavy atom. The van der Waals surface area contributed by atoms with Gasteiger partial charge in [-0.25, -0.2) is 4.79 Å². The SMILES string of the molecule is CC(Nc1ccccc1Cl)(C(=O)O)c1cc(Cl)ccc1Cl. The topological polar surface area (TPSA) is 49.3 Å². The fourth-order valence-electron chi connectivity index (χ4n) is 1.95. The van der Waals surface area contributed by atoms with Crippen molar-refractivity contribution in [2.24, 2.45) is 0 Å². The minimum absolute atomic E-state index is 0.309. The maximum absolute atomic E-state index is 11.8. The van der Waals surface area contributed by atoms with Crippen LogP contribution in [0.5, 0.6) is 0 Å². The fourth-order valence-corrected chi connectivity index (χ4v) is 2.61. The summed E-state index contributed by atoms with van der Waals surface area (Å²) in [5.41, 5.74) is -0.600. The number of carboxylic acids is 1. The van der Waals surface area contributed by atoms with Crippen LogP contribution in [0.15, 0.2) is 42.5 Å². The van der Waals surface area contributed by atoms with Crippen LogP contribution in [-0.2, 0) is 10.3 Å². The predicted molar refractivity (Wildman–Crippen MR) is 86.5 cm³/mol. The molecule has 6 heteroatoms. The van der Waals surface area contributed by atoms with Crippen LogP contribution in [-0.4, -0.2) is 11.1 Å². The molecule has 110 valence electrons. The number of nitrogens with one attached hydrogen (secondary N) is 1.